The minimum Gasteiger partial charge on any atom is -0.330 e. The lowest BCUT2D eigenvalue weighted by atomic mass is 10.1. The van der Waals surface area contributed by atoms with Crippen molar-refractivity contribution in [3.05, 3.63) is 12.2 Å². The van der Waals surface area contributed by atoms with Crippen LogP contribution in [-0.4, -0.2) is 26.1 Å². The van der Waals surface area contributed by atoms with E-state index >= 15 is 0 Å². The Labute approximate surface area is 170 Å². The van der Waals surface area contributed by atoms with Gasteiger partial charge in [0.05, 0.1) is 0 Å². The summed E-state index contributed by atoms with van der Waals surface area (Å²) in [5.74, 6) is 0. The number of allylic oxidation sites excluding steroid dienone is 2. The Morgan fingerprint density at radius 1 is 0.679 bits per heavy atom. The zero-order valence-electron chi connectivity index (χ0n) is 17.2. The van der Waals surface area contributed by atoms with Crippen LogP contribution >= 0.6 is 15.6 Å². The van der Waals surface area contributed by atoms with Crippen molar-refractivity contribution in [3.63, 3.8) is 0 Å². The molecule has 0 amide bonds. The average molecular weight is 445 g/mol. The van der Waals surface area contributed by atoms with Gasteiger partial charge in [-0.25, -0.2) is 9.13 Å². The number of hydrogen-bond donors (Lipinski definition) is 5. The van der Waals surface area contributed by atoms with Crippen molar-refractivity contribution in [2.45, 2.75) is 96.8 Å². The summed E-state index contributed by atoms with van der Waals surface area (Å²) in [6, 6.07) is 0. The van der Waals surface area contributed by atoms with Crippen LogP contribution in [0.25, 0.3) is 0 Å². The van der Waals surface area contributed by atoms with Crippen LogP contribution in [0.4, 0.5) is 0 Å². The highest BCUT2D eigenvalue weighted by Gasteiger charge is 2.27. The summed E-state index contributed by atoms with van der Waals surface area (Å²) in [5.41, 5.74) is 5.47. The molecule has 6 N–H and O–H groups in total. The molecule has 0 aromatic heterocycles. The molecule has 170 valence electrons. The van der Waals surface area contributed by atoms with Crippen LogP contribution in [0.1, 0.15) is 96.8 Å². The first kappa shape index (κ1) is 30.2. The van der Waals surface area contributed by atoms with Crippen LogP contribution < -0.4 is 5.73 Å². The minimum atomic E-state index is -5.05. The van der Waals surface area contributed by atoms with Crippen LogP contribution in [-0.2, 0) is 13.4 Å². The molecule has 0 fully saturated rings. The van der Waals surface area contributed by atoms with E-state index < -0.39 is 15.6 Å². The lowest BCUT2D eigenvalue weighted by Gasteiger charge is -2.03. The molecule has 0 aliphatic carbocycles. The number of rotatable bonds is 17. The molecular weight excluding hydrogens is 404 g/mol. The Balaban J connectivity index is 0. The third-order valence-corrected chi connectivity index (χ3v) is 5.63. The van der Waals surface area contributed by atoms with Crippen molar-refractivity contribution >= 4 is 15.6 Å². The Hall–Kier alpha value is -0.0400. The fourth-order valence-electron chi connectivity index (χ4n) is 2.53. The van der Waals surface area contributed by atoms with Crippen LogP contribution in [0.5, 0.6) is 0 Å². The fraction of sp³-hybridized carbons (Fsp3) is 0.889. The lowest BCUT2D eigenvalue weighted by molar-refractivity contribution is 0.225. The standard InChI is InChI=1S/C18H37N.H4O7P2/c1-2-3-4-5-6-7-8-9-10-11-12-13-14-15-16-17-18-19;1-8(2,3)7-9(4,5)6/h9-10H,2-8,11-19H2,1H3;(H2,1,2,3)(H2,4,5,6)/b10-9-;. The molecule has 0 atom stereocenters. The lowest BCUT2D eigenvalue weighted by Crippen LogP contribution is -1.97. The Bertz CT molecular complexity index is 429. The Morgan fingerprint density at radius 2 is 1.04 bits per heavy atom. The van der Waals surface area contributed by atoms with Gasteiger partial charge in [-0.2, -0.15) is 4.31 Å². The maximum atomic E-state index is 9.63. The first-order chi connectivity index (χ1) is 13.1. The predicted molar refractivity (Wildman–Crippen MR) is 114 cm³/mol. The van der Waals surface area contributed by atoms with Crippen LogP contribution in [0.3, 0.4) is 0 Å². The molecule has 0 unspecified atom stereocenters. The largest absolute Gasteiger partial charge is 0.478 e. The number of unbranched alkanes of at least 4 members (excludes halogenated alkanes) is 12. The maximum absolute atomic E-state index is 9.63. The van der Waals surface area contributed by atoms with E-state index in [1.807, 2.05) is 0 Å². The van der Waals surface area contributed by atoms with Crippen molar-refractivity contribution < 1.29 is 33.0 Å². The van der Waals surface area contributed by atoms with E-state index in [-0.39, 0.29) is 0 Å². The van der Waals surface area contributed by atoms with Crippen molar-refractivity contribution in [1.82, 2.24) is 0 Å². The zero-order valence-corrected chi connectivity index (χ0v) is 19.0. The molecule has 0 heterocycles. The first-order valence-corrected chi connectivity index (χ1v) is 13.4. The summed E-state index contributed by atoms with van der Waals surface area (Å²) in [7, 11) is -10.1. The Kier molecular flexibility index (Phi) is 21.8. The highest BCUT2D eigenvalue weighted by molar-refractivity contribution is 7.60. The molecule has 0 saturated heterocycles. The first-order valence-electron chi connectivity index (χ1n) is 10.3. The van der Waals surface area contributed by atoms with E-state index in [1.165, 1.54) is 89.9 Å². The molecule has 0 rings (SSSR count). The van der Waals surface area contributed by atoms with Crippen molar-refractivity contribution in [2.24, 2.45) is 5.73 Å². The topological polar surface area (TPSA) is 150 Å². The molecule has 0 bridgehead atoms. The molecule has 28 heavy (non-hydrogen) atoms. The molecule has 0 spiro atoms. The highest BCUT2D eigenvalue weighted by Crippen LogP contribution is 2.53. The van der Waals surface area contributed by atoms with E-state index in [0.29, 0.717) is 0 Å². The smallest absolute Gasteiger partial charge is 0.330 e. The molecule has 0 aliphatic heterocycles. The SMILES string of the molecule is CCCCCCCC/C=C\CCCCCCCCN.O=P(O)(O)OP(=O)(O)O. The van der Waals surface area contributed by atoms with Gasteiger partial charge >= 0.3 is 15.6 Å². The van der Waals surface area contributed by atoms with Gasteiger partial charge in [0, 0.05) is 0 Å². The number of nitrogens with two attached hydrogens (primary N) is 1. The zero-order chi connectivity index (χ0) is 21.7. The third kappa shape index (κ3) is 33.5. The number of hydrogen-bond acceptors (Lipinski definition) is 4. The van der Waals surface area contributed by atoms with E-state index in [9.17, 15) is 9.13 Å². The van der Waals surface area contributed by atoms with Gasteiger partial charge < -0.3 is 25.3 Å². The summed E-state index contributed by atoms with van der Waals surface area (Å²) in [6.45, 7) is 3.14. The van der Waals surface area contributed by atoms with Gasteiger partial charge in [-0.05, 0) is 38.6 Å². The summed E-state index contributed by atoms with van der Waals surface area (Å²) in [6.07, 6.45) is 23.9. The van der Waals surface area contributed by atoms with E-state index in [1.54, 1.807) is 0 Å². The van der Waals surface area contributed by atoms with Crippen molar-refractivity contribution in [1.29, 1.82) is 0 Å². The summed E-state index contributed by atoms with van der Waals surface area (Å²) >= 11 is 0. The molecule has 8 nitrogen and oxygen atoms in total. The summed E-state index contributed by atoms with van der Waals surface area (Å²) in [5, 5.41) is 0. The van der Waals surface area contributed by atoms with Gasteiger partial charge in [0.1, 0.15) is 0 Å². The van der Waals surface area contributed by atoms with Crippen LogP contribution in [0.15, 0.2) is 12.2 Å². The summed E-state index contributed by atoms with van der Waals surface area (Å²) < 4.78 is 22.2. The normalized spacial score (nSPS) is 12.2. The van der Waals surface area contributed by atoms with Gasteiger partial charge in [-0.15, -0.1) is 0 Å². The van der Waals surface area contributed by atoms with E-state index in [2.05, 4.69) is 23.4 Å². The quantitative estimate of drug-likeness (QED) is 0.117. The maximum Gasteiger partial charge on any atom is 0.478 e. The second kappa shape index (κ2) is 20.2. The van der Waals surface area contributed by atoms with E-state index in [0.717, 1.165) is 6.54 Å². The molecule has 0 aromatic rings. The Morgan fingerprint density at radius 3 is 1.36 bits per heavy atom. The molecule has 0 aromatic carbocycles. The van der Waals surface area contributed by atoms with E-state index in [4.69, 9.17) is 25.3 Å². The molecular formula is C18H41NO7P2. The third-order valence-electron chi connectivity index (χ3n) is 3.93. The molecule has 0 radical (unpaired) electrons. The van der Waals surface area contributed by atoms with Gasteiger partial charge in [0.25, 0.3) is 0 Å². The van der Waals surface area contributed by atoms with Crippen LogP contribution in [0, 0.1) is 0 Å². The fourth-order valence-corrected chi connectivity index (χ4v) is 3.64. The number of phosphoric acid groups is 2. The van der Waals surface area contributed by atoms with Gasteiger partial charge in [0.2, 0.25) is 0 Å². The highest BCUT2D eigenvalue weighted by atomic mass is 31.3. The monoisotopic (exact) mass is 445 g/mol. The molecule has 0 saturated carbocycles. The predicted octanol–water partition coefficient (Wildman–Crippen LogP) is 5.17. The second-order valence-electron chi connectivity index (χ2n) is 6.79. The molecule has 0 aliphatic rings. The van der Waals surface area contributed by atoms with Crippen molar-refractivity contribution in [2.75, 3.05) is 6.54 Å². The van der Waals surface area contributed by atoms with Gasteiger partial charge in [-0.1, -0.05) is 76.9 Å². The van der Waals surface area contributed by atoms with Gasteiger partial charge in [-0.3, -0.25) is 0 Å². The van der Waals surface area contributed by atoms with Crippen LogP contribution in [0.2, 0.25) is 0 Å². The minimum absolute atomic E-state index is 0.862. The van der Waals surface area contributed by atoms with Crippen molar-refractivity contribution in [3.8, 4) is 0 Å². The van der Waals surface area contributed by atoms with Gasteiger partial charge in [0.15, 0.2) is 0 Å². The molecule has 10 heteroatoms. The average Bonchev–Trinajstić information content (AvgIpc) is 2.56. The summed E-state index contributed by atoms with van der Waals surface area (Å²) in [4.78, 5) is 31.0. The second-order valence-corrected chi connectivity index (χ2v) is 9.40.